The van der Waals surface area contributed by atoms with Crippen LogP contribution in [0.4, 0.5) is 10.5 Å². The molecule has 0 radical (unpaired) electrons. The van der Waals surface area contributed by atoms with E-state index in [1.165, 1.54) is 5.56 Å². The number of hydrogen-bond donors (Lipinski definition) is 2. The lowest BCUT2D eigenvalue weighted by molar-refractivity contribution is -0.133. The quantitative estimate of drug-likeness (QED) is 0.702. The first kappa shape index (κ1) is 20.9. The molecule has 2 N–H and O–H groups in total. The summed E-state index contributed by atoms with van der Waals surface area (Å²) in [6.07, 6.45) is 1.98. The molecule has 0 spiro atoms. The van der Waals surface area contributed by atoms with Crippen LogP contribution in [0.15, 0.2) is 42.5 Å². The van der Waals surface area contributed by atoms with Crippen LogP contribution in [0.2, 0.25) is 5.02 Å². The van der Waals surface area contributed by atoms with Crippen molar-refractivity contribution in [2.24, 2.45) is 0 Å². The normalized spacial score (nSPS) is 18.7. The number of nitrogens with one attached hydrogen (secondary N) is 2. The Morgan fingerprint density at radius 1 is 1.17 bits per heavy atom. The van der Waals surface area contributed by atoms with Gasteiger partial charge in [-0.1, -0.05) is 49.2 Å². The molecule has 0 aromatic heterocycles. The Kier molecular flexibility index (Phi) is 5.94. The molecule has 1 aliphatic rings. The van der Waals surface area contributed by atoms with E-state index >= 15 is 0 Å². The number of nitrogens with zero attached hydrogens (tertiary/aromatic N) is 1. The van der Waals surface area contributed by atoms with Crippen molar-refractivity contribution < 1.29 is 14.4 Å². The summed E-state index contributed by atoms with van der Waals surface area (Å²) in [7, 11) is 0. The van der Waals surface area contributed by atoms with Crippen molar-refractivity contribution in [2.45, 2.75) is 39.2 Å². The Morgan fingerprint density at radius 3 is 2.48 bits per heavy atom. The summed E-state index contributed by atoms with van der Waals surface area (Å²) >= 11 is 5.93. The number of carbonyl (C=O) groups is 3. The van der Waals surface area contributed by atoms with Crippen molar-refractivity contribution in [3.05, 3.63) is 64.2 Å². The average Bonchev–Trinajstić information content (AvgIpc) is 2.89. The Labute approximate surface area is 175 Å². The fraction of sp³-hybridized carbons (Fsp3) is 0.318. The molecule has 2 aromatic carbocycles. The molecule has 1 aliphatic heterocycles. The Balaban J connectivity index is 1.73. The van der Waals surface area contributed by atoms with Crippen LogP contribution in [-0.2, 0) is 21.5 Å². The second kappa shape index (κ2) is 8.25. The third-order valence-electron chi connectivity index (χ3n) is 5.11. The zero-order valence-electron chi connectivity index (χ0n) is 16.7. The maximum Gasteiger partial charge on any atom is 0.325 e. The van der Waals surface area contributed by atoms with E-state index in [0.717, 1.165) is 23.3 Å². The molecule has 0 bridgehead atoms. The van der Waals surface area contributed by atoms with Crippen LogP contribution in [0.3, 0.4) is 0 Å². The molecule has 4 amide bonds. The minimum atomic E-state index is -1.20. The zero-order chi connectivity index (χ0) is 21.2. The van der Waals surface area contributed by atoms with Crippen molar-refractivity contribution in [3.63, 3.8) is 0 Å². The highest BCUT2D eigenvalue weighted by molar-refractivity contribution is 6.30. The third-order valence-corrected chi connectivity index (χ3v) is 5.34. The molecule has 1 heterocycles. The minimum absolute atomic E-state index is 0.365. The maximum atomic E-state index is 13.0. The Morgan fingerprint density at radius 2 is 1.86 bits per heavy atom. The number of amides is 4. The average molecular weight is 414 g/mol. The number of benzene rings is 2. The summed E-state index contributed by atoms with van der Waals surface area (Å²) in [5.41, 5.74) is 2.04. The van der Waals surface area contributed by atoms with Crippen molar-refractivity contribution >= 4 is 35.1 Å². The molecule has 0 unspecified atom stereocenters. The Bertz CT molecular complexity index is 958. The fourth-order valence-electron chi connectivity index (χ4n) is 3.43. The van der Waals surface area contributed by atoms with Crippen LogP contribution >= 0.6 is 11.6 Å². The van der Waals surface area contributed by atoms with Crippen LogP contribution in [0, 0.1) is 6.92 Å². The monoisotopic (exact) mass is 413 g/mol. The van der Waals surface area contributed by atoms with Crippen LogP contribution in [0.1, 0.15) is 37.0 Å². The van der Waals surface area contributed by atoms with Gasteiger partial charge in [0.2, 0.25) is 5.91 Å². The topological polar surface area (TPSA) is 78.5 Å². The van der Waals surface area contributed by atoms with E-state index in [1.807, 2.05) is 31.2 Å². The molecular weight excluding hydrogens is 390 g/mol. The number of aryl methyl sites for hydroxylation is 2. The van der Waals surface area contributed by atoms with E-state index in [0.29, 0.717) is 16.3 Å². The smallest absolute Gasteiger partial charge is 0.324 e. The highest BCUT2D eigenvalue weighted by Gasteiger charge is 2.49. The lowest BCUT2D eigenvalue weighted by Crippen LogP contribution is -2.42. The van der Waals surface area contributed by atoms with E-state index < -0.39 is 23.4 Å². The first-order valence-electron chi connectivity index (χ1n) is 9.54. The number of anilines is 1. The molecule has 0 saturated carbocycles. The highest BCUT2D eigenvalue weighted by Crippen LogP contribution is 2.29. The fourth-order valence-corrected chi connectivity index (χ4v) is 3.66. The minimum Gasteiger partial charge on any atom is -0.324 e. The van der Waals surface area contributed by atoms with Crippen molar-refractivity contribution in [1.29, 1.82) is 0 Å². The van der Waals surface area contributed by atoms with Gasteiger partial charge in [-0.05, 0) is 55.2 Å². The molecule has 1 saturated heterocycles. The van der Waals surface area contributed by atoms with Gasteiger partial charge in [0.25, 0.3) is 5.91 Å². The first-order chi connectivity index (χ1) is 13.7. The molecule has 1 fully saturated rings. The molecule has 3 rings (SSSR count). The van der Waals surface area contributed by atoms with Crippen LogP contribution in [0.5, 0.6) is 0 Å². The molecule has 152 valence electrons. The summed E-state index contributed by atoms with van der Waals surface area (Å²) < 4.78 is 0. The molecule has 29 heavy (non-hydrogen) atoms. The highest BCUT2D eigenvalue weighted by atomic mass is 35.5. The molecule has 7 heteroatoms. The lowest BCUT2D eigenvalue weighted by Gasteiger charge is -2.22. The summed E-state index contributed by atoms with van der Waals surface area (Å²) in [6, 6.07) is 12.1. The molecule has 2 aromatic rings. The van der Waals surface area contributed by atoms with E-state index in [1.54, 1.807) is 25.1 Å². The molecular formula is C22H24ClN3O3. The standard InChI is InChI=1S/C22H24ClN3O3/c1-4-5-15-6-8-16(9-7-15)22(3)20(28)26(21(29)25-22)13-19(27)24-18-11-10-17(23)12-14(18)2/h6-12H,4-5,13H2,1-3H3,(H,24,27)(H,25,29)/t22-/m1/s1. The van der Waals surface area contributed by atoms with Gasteiger partial charge < -0.3 is 10.6 Å². The number of halogens is 1. The first-order valence-corrected chi connectivity index (χ1v) is 9.92. The van der Waals surface area contributed by atoms with Crippen molar-refractivity contribution in [1.82, 2.24) is 10.2 Å². The largest absolute Gasteiger partial charge is 0.325 e. The number of rotatable bonds is 6. The van der Waals surface area contributed by atoms with Crippen LogP contribution in [-0.4, -0.2) is 29.3 Å². The summed E-state index contributed by atoms with van der Waals surface area (Å²) in [4.78, 5) is 38.8. The van der Waals surface area contributed by atoms with Gasteiger partial charge >= 0.3 is 6.03 Å². The number of urea groups is 1. The van der Waals surface area contributed by atoms with Gasteiger partial charge in [0.1, 0.15) is 12.1 Å². The maximum absolute atomic E-state index is 13.0. The summed E-state index contributed by atoms with van der Waals surface area (Å²) in [5, 5.41) is 6.01. The van der Waals surface area contributed by atoms with E-state index in [-0.39, 0.29) is 6.54 Å². The van der Waals surface area contributed by atoms with Crippen molar-refractivity contribution in [3.8, 4) is 0 Å². The van der Waals surface area contributed by atoms with E-state index in [4.69, 9.17) is 11.6 Å². The van der Waals surface area contributed by atoms with Gasteiger partial charge in [-0.3, -0.25) is 14.5 Å². The van der Waals surface area contributed by atoms with E-state index in [2.05, 4.69) is 17.6 Å². The van der Waals surface area contributed by atoms with E-state index in [9.17, 15) is 14.4 Å². The summed E-state index contributed by atoms with van der Waals surface area (Å²) in [5.74, 6) is -0.907. The second-order valence-corrected chi connectivity index (χ2v) is 7.84. The van der Waals surface area contributed by atoms with Gasteiger partial charge in [0.05, 0.1) is 0 Å². The Hall–Kier alpha value is -2.86. The third kappa shape index (κ3) is 4.27. The number of hydrogen-bond acceptors (Lipinski definition) is 3. The van der Waals surface area contributed by atoms with Gasteiger partial charge in [-0.2, -0.15) is 0 Å². The molecule has 0 aliphatic carbocycles. The van der Waals surface area contributed by atoms with Gasteiger partial charge in [0.15, 0.2) is 0 Å². The summed E-state index contributed by atoms with van der Waals surface area (Å²) in [6.45, 7) is 5.21. The second-order valence-electron chi connectivity index (χ2n) is 7.40. The van der Waals surface area contributed by atoms with Crippen LogP contribution < -0.4 is 10.6 Å². The number of carbonyl (C=O) groups excluding carboxylic acids is 3. The number of imide groups is 1. The van der Waals surface area contributed by atoms with Gasteiger partial charge in [-0.15, -0.1) is 0 Å². The predicted octanol–water partition coefficient (Wildman–Crippen LogP) is 4.01. The zero-order valence-corrected chi connectivity index (χ0v) is 17.5. The molecule has 1 atom stereocenters. The lowest BCUT2D eigenvalue weighted by atomic mass is 9.91. The van der Waals surface area contributed by atoms with Crippen LogP contribution in [0.25, 0.3) is 0 Å². The molecule has 6 nitrogen and oxygen atoms in total. The predicted molar refractivity (Wildman–Crippen MR) is 113 cm³/mol. The van der Waals surface area contributed by atoms with Gasteiger partial charge in [0, 0.05) is 10.7 Å². The van der Waals surface area contributed by atoms with Crippen molar-refractivity contribution in [2.75, 3.05) is 11.9 Å². The SMILES string of the molecule is CCCc1ccc([C@@]2(C)NC(=O)N(CC(=O)Nc3ccc(Cl)cc3C)C2=O)cc1. The van der Waals surface area contributed by atoms with Gasteiger partial charge in [-0.25, -0.2) is 4.79 Å².